The average molecular weight is 237 g/mol. The third kappa shape index (κ3) is 9.04. The maximum Gasteiger partial charge on any atom is 0.184 e. The van der Waals surface area contributed by atoms with Gasteiger partial charge in [0, 0.05) is 11.5 Å². The summed E-state index contributed by atoms with van der Waals surface area (Å²) in [7, 11) is -1.40. The highest BCUT2D eigenvalue weighted by Gasteiger charge is 2.21. The van der Waals surface area contributed by atoms with Gasteiger partial charge >= 0.3 is 0 Å². The van der Waals surface area contributed by atoms with Crippen LogP contribution in [0.15, 0.2) is 0 Å². The Hall–Kier alpha value is 0.467. The van der Waals surface area contributed by atoms with Crippen molar-refractivity contribution in [2.45, 2.75) is 70.7 Å². The Bertz CT molecular complexity index is 143. The van der Waals surface area contributed by atoms with E-state index >= 15 is 0 Å². The Kier molecular flexibility index (Phi) is 7.09. The molecule has 0 saturated carbocycles. The first-order valence-electron chi connectivity index (χ1n) is 5.67. The Morgan fingerprint density at radius 3 is 2.21 bits per heavy atom. The van der Waals surface area contributed by atoms with Gasteiger partial charge in [-0.1, -0.05) is 19.8 Å². The van der Waals surface area contributed by atoms with E-state index in [0.29, 0.717) is 6.10 Å². The Labute approximate surface area is 95.3 Å². The van der Waals surface area contributed by atoms with Gasteiger partial charge in [-0.2, -0.15) is 0 Å². The summed E-state index contributed by atoms with van der Waals surface area (Å²) in [5, 5.41) is 0.230. The van der Waals surface area contributed by atoms with Crippen molar-refractivity contribution in [1.29, 1.82) is 0 Å². The van der Waals surface area contributed by atoms with E-state index < -0.39 is 8.32 Å². The molecule has 0 radical (unpaired) electrons. The number of halogens is 1. The van der Waals surface area contributed by atoms with Crippen LogP contribution in [-0.2, 0) is 4.43 Å². The lowest BCUT2D eigenvalue weighted by Crippen LogP contribution is -2.33. The lowest BCUT2D eigenvalue weighted by atomic mass is 10.1. The Morgan fingerprint density at radius 1 is 1.29 bits per heavy atom. The van der Waals surface area contributed by atoms with E-state index in [2.05, 4.69) is 26.6 Å². The number of hydrogen-bond acceptors (Lipinski definition) is 1. The minimum absolute atomic E-state index is 0.230. The SMILES string of the molecule is CCCCC(CC(C)Cl)O[Si](C)(C)C. The first kappa shape index (κ1) is 14.5. The van der Waals surface area contributed by atoms with Gasteiger partial charge < -0.3 is 4.43 Å². The third-order valence-corrected chi connectivity index (χ3v) is 3.21. The van der Waals surface area contributed by atoms with E-state index in [9.17, 15) is 0 Å². The largest absolute Gasteiger partial charge is 0.415 e. The molecule has 0 amide bonds. The van der Waals surface area contributed by atoms with Gasteiger partial charge in [0.2, 0.25) is 0 Å². The van der Waals surface area contributed by atoms with Crippen LogP contribution >= 0.6 is 11.6 Å². The zero-order chi connectivity index (χ0) is 11.2. The lowest BCUT2D eigenvalue weighted by Gasteiger charge is -2.27. The first-order chi connectivity index (χ1) is 6.35. The van der Waals surface area contributed by atoms with Crippen molar-refractivity contribution in [3.05, 3.63) is 0 Å². The second-order valence-electron chi connectivity index (χ2n) is 5.01. The summed E-state index contributed by atoms with van der Waals surface area (Å²) in [6, 6.07) is 0. The molecule has 0 aromatic carbocycles. The predicted octanol–water partition coefficient (Wildman–Crippen LogP) is 4.41. The molecule has 2 atom stereocenters. The van der Waals surface area contributed by atoms with Gasteiger partial charge in [-0.05, 0) is 39.4 Å². The molecule has 0 heterocycles. The van der Waals surface area contributed by atoms with Crippen molar-refractivity contribution in [3.63, 3.8) is 0 Å². The van der Waals surface area contributed by atoms with Crippen LogP contribution < -0.4 is 0 Å². The highest BCUT2D eigenvalue weighted by atomic mass is 35.5. The third-order valence-electron chi connectivity index (χ3n) is 1.99. The van der Waals surface area contributed by atoms with E-state index in [1.54, 1.807) is 0 Å². The molecule has 0 aliphatic rings. The number of unbranched alkanes of at least 4 members (excludes halogenated alkanes) is 1. The van der Waals surface area contributed by atoms with Gasteiger partial charge in [0.15, 0.2) is 8.32 Å². The summed E-state index contributed by atoms with van der Waals surface area (Å²) in [5.41, 5.74) is 0. The van der Waals surface area contributed by atoms with Gasteiger partial charge in [0.25, 0.3) is 0 Å². The van der Waals surface area contributed by atoms with Gasteiger partial charge in [-0.15, -0.1) is 11.6 Å². The molecular formula is C11H25ClOSi. The molecule has 0 rings (SSSR count). The number of rotatable bonds is 7. The second kappa shape index (κ2) is 6.86. The minimum atomic E-state index is -1.40. The zero-order valence-electron chi connectivity index (χ0n) is 10.3. The van der Waals surface area contributed by atoms with Crippen molar-refractivity contribution < 1.29 is 4.43 Å². The van der Waals surface area contributed by atoms with E-state index in [1.807, 2.05) is 6.92 Å². The summed E-state index contributed by atoms with van der Waals surface area (Å²) in [6.07, 6.45) is 5.03. The van der Waals surface area contributed by atoms with Gasteiger partial charge in [-0.25, -0.2) is 0 Å². The average Bonchev–Trinajstić information content (AvgIpc) is 1.96. The molecule has 0 bridgehead atoms. The normalized spacial score (nSPS) is 16.7. The van der Waals surface area contributed by atoms with Crippen LogP contribution in [0, 0.1) is 0 Å². The number of alkyl halides is 1. The van der Waals surface area contributed by atoms with Crippen LogP contribution in [0.1, 0.15) is 39.5 Å². The second-order valence-corrected chi connectivity index (χ2v) is 10.2. The fourth-order valence-electron chi connectivity index (χ4n) is 1.52. The fraction of sp³-hybridized carbons (Fsp3) is 1.00. The van der Waals surface area contributed by atoms with Crippen molar-refractivity contribution in [2.24, 2.45) is 0 Å². The molecule has 3 heteroatoms. The quantitative estimate of drug-likeness (QED) is 0.470. The molecule has 0 aliphatic carbocycles. The highest BCUT2D eigenvalue weighted by molar-refractivity contribution is 6.69. The summed E-state index contributed by atoms with van der Waals surface area (Å²) in [6.45, 7) is 11.0. The van der Waals surface area contributed by atoms with Crippen LogP contribution in [0.4, 0.5) is 0 Å². The van der Waals surface area contributed by atoms with Crippen molar-refractivity contribution >= 4 is 19.9 Å². The topological polar surface area (TPSA) is 9.23 Å². The molecule has 2 unspecified atom stereocenters. The molecule has 0 saturated heterocycles. The molecule has 0 spiro atoms. The summed E-state index contributed by atoms with van der Waals surface area (Å²) >= 11 is 6.02. The van der Waals surface area contributed by atoms with Crippen molar-refractivity contribution in [3.8, 4) is 0 Å². The smallest absolute Gasteiger partial charge is 0.184 e. The van der Waals surface area contributed by atoms with Crippen molar-refractivity contribution in [2.75, 3.05) is 0 Å². The summed E-state index contributed by atoms with van der Waals surface area (Å²) in [5.74, 6) is 0. The molecule has 0 N–H and O–H groups in total. The maximum atomic E-state index is 6.11. The Morgan fingerprint density at radius 2 is 1.86 bits per heavy atom. The first-order valence-corrected chi connectivity index (χ1v) is 9.51. The summed E-state index contributed by atoms with van der Waals surface area (Å²) in [4.78, 5) is 0. The molecule has 0 aromatic heterocycles. The molecule has 0 fully saturated rings. The van der Waals surface area contributed by atoms with Gasteiger partial charge in [-0.3, -0.25) is 0 Å². The molecule has 14 heavy (non-hydrogen) atoms. The monoisotopic (exact) mass is 236 g/mol. The van der Waals surface area contributed by atoms with E-state index in [1.165, 1.54) is 12.8 Å². The molecule has 86 valence electrons. The minimum Gasteiger partial charge on any atom is -0.415 e. The lowest BCUT2D eigenvalue weighted by molar-refractivity contribution is 0.170. The van der Waals surface area contributed by atoms with Gasteiger partial charge in [0.1, 0.15) is 0 Å². The molecule has 0 aromatic rings. The zero-order valence-corrected chi connectivity index (χ0v) is 12.0. The van der Waals surface area contributed by atoms with E-state index in [-0.39, 0.29) is 5.38 Å². The van der Waals surface area contributed by atoms with Crippen LogP contribution in [0.5, 0.6) is 0 Å². The standard InChI is InChI=1S/C11H25ClOSi/c1-6-7-8-11(9-10(2)12)13-14(3,4)5/h10-11H,6-9H2,1-5H3. The van der Waals surface area contributed by atoms with Crippen LogP contribution in [-0.4, -0.2) is 19.8 Å². The van der Waals surface area contributed by atoms with Crippen LogP contribution in [0.3, 0.4) is 0 Å². The molecule has 0 aliphatic heterocycles. The van der Waals surface area contributed by atoms with Gasteiger partial charge in [0.05, 0.1) is 0 Å². The van der Waals surface area contributed by atoms with Crippen LogP contribution in [0.2, 0.25) is 19.6 Å². The number of hydrogen-bond donors (Lipinski definition) is 0. The predicted molar refractivity (Wildman–Crippen MR) is 67.7 cm³/mol. The summed E-state index contributed by atoms with van der Waals surface area (Å²) < 4.78 is 6.11. The molecular weight excluding hydrogens is 212 g/mol. The maximum absolute atomic E-state index is 6.11. The Balaban J connectivity index is 3.97. The van der Waals surface area contributed by atoms with Crippen molar-refractivity contribution in [1.82, 2.24) is 0 Å². The fourth-order valence-corrected chi connectivity index (χ4v) is 2.93. The van der Waals surface area contributed by atoms with E-state index in [0.717, 1.165) is 12.8 Å². The van der Waals surface area contributed by atoms with E-state index in [4.69, 9.17) is 16.0 Å². The molecule has 1 nitrogen and oxygen atoms in total. The van der Waals surface area contributed by atoms with Crippen LogP contribution in [0.25, 0.3) is 0 Å². The highest BCUT2D eigenvalue weighted by Crippen LogP contribution is 2.18.